The molecule has 0 saturated heterocycles. The van der Waals surface area contributed by atoms with Crippen LogP contribution in [0.5, 0.6) is 17.2 Å². The first kappa shape index (κ1) is 27.8. The minimum Gasteiger partial charge on any atom is -0.490 e. The second-order valence-electron chi connectivity index (χ2n) is 8.82. The lowest BCUT2D eigenvalue weighted by Crippen LogP contribution is -2.28. The molecule has 196 valence electrons. The highest BCUT2D eigenvalue weighted by Crippen LogP contribution is 2.31. The first-order valence-electron chi connectivity index (χ1n) is 11.7. The molecule has 0 aliphatic rings. The molecule has 0 aliphatic heterocycles. The van der Waals surface area contributed by atoms with E-state index in [0.717, 1.165) is 23.2 Å². The Labute approximate surface area is 222 Å². The van der Waals surface area contributed by atoms with E-state index in [-0.39, 0.29) is 11.9 Å². The molecule has 3 amide bonds. The van der Waals surface area contributed by atoms with Crippen molar-refractivity contribution in [2.24, 2.45) is 0 Å². The molecule has 1 heterocycles. The van der Waals surface area contributed by atoms with Crippen LogP contribution in [-0.4, -0.2) is 49.1 Å². The number of carbonyl (C=O) groups excluding carboxylic acids is 2. The quantitative estimate of drug-likeness (QED) is 0.329. The maximum absolute atomic E-state index is 12.6. The Bertz CT molecular complexity index is 1270. The molecule has 0 bridgehead atoms. The van der Waals surface area contributed by atoms with Crippen molar-refractivity contribution in [2.75, 3.05) is 37.9 Å². The van der Waals surface area contributed by atoms with Gasteiger partial charge in [-0.15, -0.1) is 0 Å². The Morgan fingerprint density at radius 1 is 1.00 bits per heavy atom. The van der Waals surface area contributed by atoms with Gasteiger partial charge in [0.1, 0.15) is 29.7 Å². The molecule has 0 radical (unpaired) electrons. The smallest absolute Gasteiger partial charge is 0.319 e. The number of nitrogens with one attached hydrogen (secondary N) is 3. The molecule has 0 fully saturated rings. The third kappa shape index (κ3) is 8.66. The standard InChI is InChI=1S/C27H32ClN5O4/c1-17-13-23(25(15-22(17)28)36-11-10-33(4)5)32-27(35)30-16-20-6-7-24(18(2)12-20)37-21-8-9-29-26(14-21)31-19(3)34/h6-9,12-15H,10-11,16H2,1-5H3,(H,29,31,34)(H2,30,32,35). The van der Waals surface area contributed by atoms with E-state index in [4.69, 9.17) is 21.1 Å². The molecule has 0 spiro atoms. The molecule has 1 aromatic heterocycles. The summed E-state index contributed by atoms with van der Waals surface area (Å²) >= 11 is 6.26. The van der Waals surface area contributed by atoms with Crippen LogP contribution in [0.15, 0.2) is 48.7 Å². The molecular weight excluding hydrogens is 494 g/mol. The summed E-state index contributed by atoms with van der Waals surface area (Å²) in [5.74, 6) is 1.93. The van der Waals surface area contributed by atoms with E-state index in [9.17, 15) is 9.59 Å². The molecule has 3 N–H and O–H groups in total. The number of urea groups is 1. The number of nitrogens with zero attached hydrogens (tertiary/aromatic N) is 2. The molecule has 3 aromatic rings. The Morgan fingerprint density at radius 3 is 2.49 bits per heavy atom. The second-order valence-corrected chi connectivity index (χ2v) is 9.22. The van der Waals surface area contributed by atoms with Crippen molar-refractivity contribution in [3.8, 4) is 17.2 Å². The van der Waals surface area contributed by atoms with Crippen molar-refractivity contribution in [3.63, 3.8) is 0 Å². The minimum atomic E-state index is -0.362. The number of benzene rings is 2. The van der Waals surface area contributed by atoms with Gasteiger partial charge in [-0.25, -0.2) is 9.78 Å². The number of carbonyl (C=O) groups is 2. The number of aromatic nitrogens is 1. The molecule has 0 saturated carbocycles. The lowest BCUT2D eigenvalue weighted by molar-refractivity contribution is -0.114. The lowest BCUT2D eigenvalue weighted by Gasteiger charge is -2.16. The summed E-state index contributed by atoms with van der Waals surface area (Å²) < 4.78 is 11.8. The van der Waals surface area contributed by atoms with Crippen molar-refractivity contribution >= 4 is 35.0 Å². The fraction of sp³-hybridized carbons (Fsp3) is 0.296. The number of hydrogen-bond acceptors (Lipinski definition) is 6. The number of aryl methyl sites for hydroxylation is 2. The highest BCUT2D eigenvalue weighted by molar-refractivity contribution is 6.31. The van der Waals surface area contributed by atoms with Gasteiger partial charge in [0.2, 0.25) is 5.91 Å². The van der Waals surface area contributed by atoms with Crippen LogP contribution < -0.4 is 25.4 Å². The number of rotatable bonds is 10. The second kappa shape index (κ2) is 12.9. The third-order valence-electron chi connectivity index (χ3n) is 5.26. The van der Waals surface area contributed by atoms with E-state index in [1.54, 1.807) is 30.5 Å². The Hall–Kier alpha value is -3.82. The fourth-order valence-corrected chi connectivity index (χ4v) is 3.51. The van der Waals surface area contributed by atoms with Crippen LogP contribution in [0.2, 0.25) is 5.02 Å². The normalized spacial score (nSPS) is 10.7. The van der Waals surface area contributed by atoms with Gasteiger partial charge in [-0.3, -0.25) is 4.79 Å². The highest BCUT2D eigenvalue weighted by Gasteiger charge is 2.12. The maximum Gasteiger partial charge on any atom is 0.319 e. The zero-order chi connectivity index (χ0) is 26.9. The summed E-state index contributed by atoms with van der Waals surface area (Å²) in [6, 6.07) is 12.2. The van der Waals surface area contributed by atoms with Gasteiger partial charge >= 0.3 is 6.03 Å². The topological polar surface area (TPSA) is 105 Å². The van der Waals surface area contributed by atoms with E-state index in [0.29, 0.717) is 46.9 Å². The molecular formula is C27H32ClN5O4. The van der Waals surface area contributed by atoms with Gasteiger partial charge in [-0.05, 0) is 62.8 Å². The number of pyridine rings is 1. The van der Waals surface area contributed by atoms with Crippen LogP contribution in [0.4, 0.5) is 16.3 Å². The van der Waals surface area contributed by atoms with Crippen molar-refractivity contribution in [2.45, 2.75) is 27.3 Å². The van der Waals surface area contributed by atoms with Crippen molar-refractivity contribution in [3.05, 3.63) is 70.4 Å². The van der Waals surface area contributed by atoms with Gasteiger partial charge in [0.25, 0.3) is 0 Å². The number of anilines is 2. The van der Waals surface area contributed by atoms with Gasteiger partial charge < -0.3 is 30.3 Å². The molecule has 0 atom stereocenters. The summed E-state index contributed by atoms with van der Waals surface area (Å²) in [6.45, 7) is 6.72. The van der Waals surface area contributed by atoms with Gasteiger partial charge in [0, 0.05) is 43.4 Å². The molecule has 0 aliphatic carbocycles. The van der Waals surface area contributed by atoms with Crippen LogP contribution in [0, 0.1) is 13.8 Å². The number of ether oxygens (including phenoxy) is 2. The predicted octanol–water partition coefficient (Wildman–Crippen LogP) is 5.36. The summed E-state index contributed by atoms with van der Waals surface area (Å²) in [6.07, 6.45) is 1.56. The van der Waals surface area contributed by atoms with E-state index in [1.807, 2.05) is 51.0 Å². The van der Waals surface area contributed by atoms with Crippen LogP contribution >= 0.6 is 11.6 Å². The van der Waals surface area contributed by atoms with Crippen molar-refractivity contribution in [1.82, 2.24) is 15.2 Å². The first-order chi connectivity index (χ1) is 17.6. The van der Waals surface area contributed by atoms with Gasteiger partial charge in [0.15, 0.2) is 0 Å². The lowest BCUT2D eigenvalue weighted by atomic mass is 10.1. The fourth-order valence-electron chi connectivity index (χ4n) is 3.35. The predicted molar refractivity (Wildman–Crippen MR) is 146 cm³/mol. The van der Waals surface area contributed by atoms with Crippen LogP contribution in [0.3, 0.4) is 0 Å². The third-order valence-corrected chi connectivity index (χ3v) is 5.67. The van der Waals surface area contributed by atoms with Crippen LogP contribution in [-0.2, 0) is 11.3 Å². The van der Waals surface area contributed by atoms with E-state index in [1.165, 1.54) is 6.92 Å². The average molecular weight is 526 g/mol. The first-order valence-corrected chi connectivity index (χ1v) is 12.1. The molecule has 9 nitrogen and oxygen atoms in total. The van der Waals surface area contributed by atoms with E-state index < -0.39 is 0 Å². The zero-order valence-electron chi connectivity index (χ0n) is 21.6. The summed E-state index contributed by atoms with van der Waals surface area (Å²) in [4.78, 5) is 30.0. The number of likely N-dealkylation sites (N-methyl/N-ethyl adjacent to an activating group) is 1. The Morgan fingerprint density at radius 2 is 1.78 bits per heavy atom. The molecule has 37 heavy (non-hydrogen) atoms. The van der Waals surface area contributed by atoms with Gasteiger partial charge in [0.05, 0.1) is 5.69 Å². The largest absolute Gasteiger partial charge is 0.490 e. The Balaban J connectivity index is 1.60. The van der Waals surface area contributed by atoms with Crippen LogP contribution in [0.25, 0.3) is 0 Å². The summed E-state index contributed by atoms with van der Waals surface area (Å²) in [7, 11) is 3.92. The Kier molecular flexibility index (Phi) is 9.71. The summed E-state index contributed by atoms with van der Waals surface area (Å²) in [5.41, 5.74) is 3.18. The highest BCUT2D eigenvalue weighted by atomic mass is 35.5. The van der Waals surface area contributed by atoms with Crippen molar-refractivity contribution < 1.29 is 19.1 Å². The van der Waals surface area contributed by atoms with E-state index >= 15 is 0 Å². The van der Waals surface area contributed by atoms with Gasteiger partial charge in [-0.1, -0.05) is 23.7 Å². The SMILES string of the molecule is CC(=O)Nc1cc(Oc2ccc(CNC(=O)Nc3cc(C)c(Cl)cc3OCCN(C)C)cc2C)ccn1. The van der Waals surface area contributed by atoms with Crippen molar-refractivity contribution in [1.29, 1.82) is 0 Å². The maximum atomic E-state index is 12.6. The van der Waals surface area contributed by atoms with E-state index in [2.05, 4.69) is 20.9 Å². The minimum absolute atomic E-state index is 0.207. The number of hydrogen-bond donors (Lipinski definition) is 3. The zero-order valence-corrected chi connectivity index (χ0v) is 22.4. The molecule has 0 unspecified atom stereocenters. The monoisotopic (exact) mass is 525 g/mol. The van der Waals surface area contributed by atoms with Gasteiger partial charge in [-0.2, -0.15) is 0 Å². The molecule has 3 rings (SSSR count). The number of halogens is 1. The molecule has 2 aromatic carbocycles. The number of amides is 3. The van der Waals surface area contributed by atoms with Crippen LogP contribution in [0.1, 0.15) is 23.6 Å². The average Bonchev–Trinajstić information content (AvgIpc) is 2.82. The summed E-state index contributed by atoms with van der Waals surface area (Å²) in [5, 5.41) is 8.93. The molecule has 10 heteroatoms.